The molecule has 2 nitrogen and oxygen atoms in total. The standard InChI is InChI=1S/C11H18N2S/c1-9-10(14-8-13-9)3-6-12-7-11(2)4-5-11/h8,12H,3-7H2,1-2H3. The van der Waals surface area contributed by atoms with Gasteiger partial charge in [-0.3, -0.25) is 0 Å². The molecule has 14 heavy (non-hydrogen) atoms. The van der Waals surface area contributed by atoms with Crippen LogP contribution in [0.4, 0.5) is 0 Å². The smallest absolute Gasteiger partial charge is 0.0797 e. The van der Waals surface area contributed by atoms with Crippen molar-refractivity contribution < 1.29 is 0 Å². The quantitative estimate of drug-likeness (QED) is 0.755. The molecule has 0 aromatic carbocycles. The monoisotopic (exact) mass is 210 g/mol. The van der Waals surface area contributed by atoms with Crippen LogP contribution in [0.25, 0.3) is 0 Å². The third-order valence-electron chi connectivity index (χ3n) is 3.03. The van der Waals surface area contributed by atoms with Gasteiger partial charge < -0.3 is 5.32 Å². The normalized spacial score (nSPS) is 18.4. The molecule has 1 aliphatic carbocycles. The van der Waals surface area contributed by atoms with Crippen LogP contribution in [0.5, 0.6) is 0 Å². The van der Waals surface area contributed by atoms with Gasteiger partial charge in [-0.15, -0.1) is 11.3 Å². The molecule has 1 heterocycles. The first kappa shape index (κ1) is 10.1. The third kappa shape index (κ3) is 2.55. The Kier molecular flexibility index (Phi) is 2.88. The fraction of sp³-hybridized carbons (Fsp3) is 0.727. The molecule has 0 amide bonds. The van der Waals surface area contributed by atoms with Crippen LogP contribution in [-0.2, 0) is 6.42 Å². The molecule has 1 aromatic heterocycles. The number of rotatable bonds is 5. The molecule has 1 aliphatic rings. The molecule has 1 saturated carbocycles. The fourth-order valence-corrected chi connectivity index (χ4v) is 2.33. The van der Waals surface area contributed by atoms with E-state index in [0.29, 0.717) is 5.41 Å². The Morgan fingerprint density at radius 3 is 2.93 bits per heavy atom. The zero-order chi connectivity index (χ0) is 10.0. The van der Waals surface area contributed by atoms with Gasteiger partial charge in [-0.1, -0.05) is 6.92 Å². The molecular formula is C11H18N2S. The second kappa shape index (κ2) is 3.99. The van der Waals surface area contributed by atoms with Crippen molar-refractivity contribution >= 4 is 11.3 Å². The lowest BCUT2D eigenvalue weighted by Gasteiger charge is -2.09. The Hall–Kier alpha value is -0.410. The second-order valence-corrected chi connectivity index (χ2v) is 5.54. The lowest BCUT2D eigenvalue weighted by atomic mass is 10.1. The van der Waals surface area contributed by atoms with E-state index in [1.165, 1.54) is 30.0 Å². The Morgan fingerprint density at radius 1 is 1.57 bits per heavy atom. The maximum atomic E-state index is 4.25. The van der Waals surface area contributed by atoms with Crippen molar-refractivity contribution in [3.8, 4) is 0 Å². The summed E-state index contributed by atoms with van der Waals surface area (Å²) in [6.45, 7) is 6.73. The van der Waals surface area contributed by atoms with Crippen molar-refractivity contribution in [1.82, 2.24) is 10.3 Å². The molecule has 78 valence electrons. The van der Waals surface area contributed by atoms with Gasteiger partial charge in [0.2, 0.25) is 0 Å². The number of hydrogen-bond donors (Lipinski definition) is 1. The van der Waals surface area contributed by atoms with Gasteiger partial charge in [-0.2, -0.15) is 0 Å². The van der Waals surface area contributed by atoms with Crippen LogP contribution in [0, 0.1) is 12.3 Å². The van der Waals surface area contributed by atoms with Gasteiger partial charge in [-0.05, 0) is 31.6 Å². The van der Waals surface area contributed by atoms with Crippen LogP contribution in [0.1, 0.15) is 30.3 Å². The molecule has 0 aliphatic heterocycles. The summed E-state index contributed by atoms with van der Waals surface area (Å²) >= 11 is 1.77. The SMILES string of the molecule is Cc1ncsc1CCNCC1(C)CC1. The van der Waals surface area contributed by atoms with Gasteiger partial charge >= 0.3 is 0 Å². The number of aryl methyl sites for hydroxylation is 1. The maximum absolute atomic E-state index is 4.25. The highest BCUT2D eigenvalue weighted by atomic mass is 32.1. The van der Waals surface area contributed by atoms with Crippen molar-refractivity contribution in [2.24, 2.45) is 5.41 Å². The molecule has 0 radical (unpaired) electrons. The molecule has 3 heteroatoms. The van der Waals surface area contributed by atoms with Gasteiger partial charge in [0, 0.05) is 18.0 Å². The molecule has 1 N–H and O–H groups in total. The van der Waals surface area contributed by atoms with Crippen LogP contribution in [0.2, 0.25) is 0 Å². The first-order valence-corrected chi connectivity index (χ1v) is 6.17. The van der Waals surface area contributed by atoms with E-state index in [0.717, 1.165) is 13.0 Å². The average Bonchev–Trinajstić information content (AvgIpc) is 2.74. The van der Waals surface area contributed by atoms with Crippen LogP contribution < -0.4 is 5.32 Å². The van der Waals surface area contributed by atoms with Crippen LogP contribution in [0.3, 0.4) is 0 Å². The number of thiazole rings is 1. The molecule has 2 rings (SSSR count). The van der Waals surface area contributed by atoms with Gasteiger partial charge in [-0.25, -0.2) is 4.98 Å². The average molecular weight is 210 g/mol. The van der Waals surface area contributed by atoms with E-state index in [1.54, 1.807) is 11.3 Å². The van der Waals surface area contributed by atoms with Crippen molar-refractivity contribution in [2.75, 3.05) is 13.1 Å². The highest BCUT2D eigenvalue weighted by Gasteiger charge is 2.36. The molecule has 0 unspecified atom stereocenters. The Labute approximate surface area is 89.8 Å². The molecule has 1 fully saturated rings. The summed E-state index contributed by atoms with van der Waals surface area (Å²) in [5.41, 5.74) is 3.77. The van der Waals surface area contributed by atoms with E-state index in [4.69, 9.17) is 0 Å². The predicted molar refractivity (Wildman–Crippen MR) is 60.8 cm³/mol. The van der Waals surface area contributed by atoms with Crippen LogP contribution in [0.15, 0.2) is 5.51 Å². The summed E-state index contributed by atoms with van der Waals surface area (Å²) < 4.78 is 0. The number of hydrogen-bond acceptors (Lipinski definition) is 3. The van der Waals surface area contributed by atoms with Crippen molar-refractivity contribution in [3.63, 3.8) is 0 Å². The summed E-state index contributed by atoms with van der Waals surface area (Å²) in [5.74, 6) is 0. The topological polar surface area (TPSA) is 24.9 Å². The highest BCUT2D eigenvalue weighted by Crippen LogP contribution is 2.43. The molecule has 0 spiro atoms. The number of aromatic nitrogens is 1. The fourth-order valence-electron chi connectivity index (χ4n) is 1.55. The number of nitrogens with zero attached hydrogens (tertiary/aromatic N) is 1. The molecule has 0 saturated heterocycles. The van der Waals surface area contributed by atoms with Crippen LogP contribution >= 0.6 is 11.3 Å². The van der Waals surface area contributed by atoms with Crippen LogP contribution in [-0.4, -0.2) is 18.1 Å². The van der Waals surface area contributed by atoms with E-state index >= 15 is 0 Å². The summed E-state index contributed by atoms with van der Waals surface area (Å²) in [6.07, 6.45) is 3.94. The minimum atomic E-state index is 0.628. The second-order valence-electron chi connectivity index (χ2n) is 4.60. The Bertz CT molecular complexity index is 302. The molecule has 0 bridgehead atoms. The molecule has 0 atom stereocenters. The highest BCUT2D eigenvalue weighted by molar-refractivity contribution is 7.09. The zero-order valence-corrected chi connectivity index (χ0v) is 9.78. The minimum absolute atomic E-state index is 0.628. The van der Waals surface area contributed by atoms with E-state index in [9.17, 15) is 0 Å². The summed E-state index contributed by atoms with van der Waals surface area (Å²) in [6, 6.07) is 0. The lowest BCUT2D eigenvalue weighted by Crippen LogP contribution is -2.24. The van der Waals surface area contributed by atoms with Gasteiger partial charge in [0.05, 0.1) is 11.2 Å². The summed E-state index contributed by atoms with van der Waals surface area (Å²) in [5, 5.41) is 3.53. The van der Waals surface area contributed by atoms with Gasteiger partial charge in [0.1, 0.15) is 0 Å². The Morgan fingerprint density at radius 2 is 2.36 bits per heavy atom. The van der Waals surface area contributed by atoms with E-state index in [1.807, 2.05) is 5.51 Å². The lowest BCUT2D eigenvalue weighted by molar-refractivity contribution is 0.502. The van der Waals surface area contributed by atoms with Crippen molar-refractivity contribution in [1.29, 1.82) is 0 Å². The minimum Gasteiger partial charge on any atom is -0.316 e. The first-order chi connectivity index (χ1) is 6.70. The van der Waals surface area contributed by atoms with Gasteiger partial charge in [0.15, 0.2) is 0 Å². The van der Waals surface area contributed by atoms with Crippen molar-refractivity contribution in [2.45, 2.75) is 33.1 Å². The van der Waals surface area contributed by atoms with E-state index in [2.05, 4.69) is 24.1 Å². The van der Waals surface area contributed by atoms with Crippen molar-refractivity contribution in [3.05, 3.63) is 16.1 Å². The summed E-state index contributed by atoms with van der Waals surface area (Å²) in [4.78, 5) is 5.68. The predicted octanol–water partition coefficient (Wildman–Crippen LogP) is 2.38. The number of nitrogens with one attached hydrogen (secondary N) is 1. The molecule has 1 aromatic rings. The van der Waals surface area contributed by atoms with E-state index in [-0.39, 0.29) is 0 Å². The van der Waals surface area contributed by atoms with Gasteiger partial charge in [0.25, 0.3) is 0 Å². The zero-order valence-electron chi connectivity index (χ0n) is 8.97. The first-order valence-electron chi connectivity index (χ1n) is 5.29. The maximum Gasteiger partial charge on any atom is 0.0797 e. The third-order valence-corrected chi connectivity index (χ3v) is 4.02. The summed E-state index contributed by atoms with van der Waals surface area (Å²) in [7, 11) is 0. The molecular weight excluding hydrogens is 192 g/mol. The largest absolute Gasteiger partial charge is 0.316 e. The Balaban J connectivity index is 1.66. The van der Waals surface area contributed by atoms with E-state index < -0.39 is 0 Å².